The highest BCUT2D eigenvalue weighted by atomic mass is 14.8. The average Bonchev–Trinajstić information content (AvgIpc) is 2.30. The molecular formula is C11H11N3. The second-order valence-electron chi connectivity index (χ2n) is 2.99. The highest BCUT2D eigenvalue weighted by Gasteiger charge is 1.99. The second kappa shape index (κ2) is 3.96. The molecule has 0 saturated heterocycles. The van der Waals surface area contributed by atoms with E-state index in [0.717, 1.165) is 23.4 Å². The number of aromatic nitrogens is 3. The summed E-state index contributed by atoms with van der Waals surface area (Å²) in [5.74, 6) is 0. The van der Waals surface area contributed by atoms with Gasteiger partial charge in [-0.2, -0.15) is 0 Å². The lowest BCUT2D eigenvalue weighted by atomic mass is 10.2. The van der Waals surface area contributed by atoms with Crippen LogP contribution in [0.25, 0.3) is 11.3 Å². The molecule has 0 radical (unpaired) electrons. The van der Waals surface area contributed by atoms with E-state index in [1.54, 1.807) is 12.5 Å². The first-order chi connectivity index (χ1) is 6.90. The number of nitrogens with zero attached hydrogens (tertiary/aromatic N) is 3. The summed E-state index contributed by atoms with van der Waals surface area (Å²) in [5, 5.41) is 0. The van der Waals surface area contributed by atoms with E-state index in [2.05, 4.69) is 21.9 Å². The molecule has 0 atom stereocenters. The third kappa shape index (κ3) is 1.76. The van der Waals surface area contributed by atoms with Gasteiger partial charge in [0.1, 0.15) is 6.33 Å². The zero-order valence-electron chi connectivity index (χ0n) is 8.01. The zero-order valence-corrected chi connectivity index (χ0v) is 8.01. The lowest BCUT2D eigenvalue weighted by molar-refractivity contribution is 1.00. The fourth-order valence-electron chi connectivity index (χ4n) is 1.26. The van der Waals surface area contributed by atoms with Crippen LogP contribution in [0.1, 0.15) is 12.6 Å². The van der Waals surface area contributed by atoms with Gasteiger partial charge in [0.15, 0.2) is 0 Å². The standard InChI is InChI=1S/C11H11N3/c1-2-10-6-11(14-8-13-10)9-4-3-5-12-7-9/h3-8H,2H2,1H3. The Morgan fingerprint density at radius 2 is 2.21 bits per heavy atom. The van der Waals surface area contributed by atoms with Crippen LogP contribution in [-0.4, -0.2) is 15.0 Å². The van der Waals surface area contributed by atoms with Gasteiger partial charge >= 0.3 is 0 Å². The van der Waals surface area contributed by atoms with Crippen molar-refractivity contribution in [1.29, 1.82) is 0 Å². The molecule has 0 N–H and O–H groups in total. The molecule has 70 valence electrons. The van der Waals surface area contributed by atoms with Crippen LogP contribution in [0.5, 0.6) is 0 Å². The number of aryl methyl sites for hydroxylation is 1. The van der Waals surface area contributed by atoms with Crippen molar-refractivity contribution in [2.24, 2.45) is 0 Å². The van der Waals surface area contributed by atoms with E-state index < -0.39 is 0 Å². The normalized spacial score (nSPS) is 10.1. The lowest BCUT2D eigenvalue weighted by Gasteiger charge is -2.00. The summed E-state index contributed by atoms with van der Waals surface area (Å²) in [7, 11) is 0. The Morgan fingerprint density at radius 1 is 1.29 bits per heavy atom. The minimum atomic E-state index is 0.926. The van der Waals surface area contributed by atoms with Gasteiger partial charge in [-0.25, -0.2) is 9.97 Å². The van der Waals surface area contributed by atoms with Gasteiger partial charge in [0.25, 0.3) is 0 Å². The Kier molecular flexibility index (Phi) is 2.49. The molecule has 0 fully saturated rings. The summed E-state index contributed by atoms with van der Waals surface area (Å²) in [6.07, 6.45) is 6.09. The SMILES string of the molecule is CCc1cc(-c2cccnc2)ncn1. The van der Waals surface area contributed by atoms with Crippen molar-refractivity contribution in [2.45, 2.75) is 13.3 Å². The molecule has 2 aromatic heterocycles. The molecule has 14 heavy (non-hydrogen) atoms. The van der Waals surface area contributed by atoms with Crippen LogP contribution in [-0.2, 0) is 6.42 Å². The monoisotopic (exact) mass is 185 g/mol. The van der Waals surface area contributed by atoms with E-state index >= 15 is 0 Å². The van der Waals surface area contributed by atoms with Gasteiger partial charge in [-0.15, -0.1) is 0 Å². The Bertz CT molecular complexity index is 412. The van der Waals surface area contributed by atoms with E-state index in [-0.39, 0.29) is 0 Å². The summed E-state index contributed by atoms with van der Waals surface area (Å²) in [6, 6.07) is 5.90. The van der Waals surface area contributed by atoms with Gasteiger partial charge in [-0.05, 0) is 24.6 Å². The van der Waals surface area contributed by atoms with Gasteiger partial charge < -0.3 is 0 Å². The van der Waals surface area contributed by atoms with Gasteiger partial charge in [0, 0.05) is 23.7 Å². The Labute approximate surface area is 82.9 Å². The molecule has 0 aliphatic carbocycles. The van der Waals surface area contributed by atoms with Crippen LogP contribution in [0.4, 0.5) is 0 Å². The van der Waals surface area contributed by atoms with Crippen LogP contribution < -0.4 is 0 Å². The van der Waals surface area contributed by atoms with E-state index in [1.807, 2.05) is 24.4 Å². The maximum absolute atomic E-state index is 4.21. The van der Waals surface area contributed by atoms with Crippen molar-refractivity contribution in [1.82, 2.24) is 15.0 Å². The number of hydrogen-bond donors (Lipinski definition) is 0. The van der Waals surface area contributed by atoms with Crippen LogP contribution in [0.3, 0.4) is 0 Å². The smallest absolute Gasteiger partial charge is 0.116 e. The fraction of sp³-hybridized carbons (Fsp3) is 0.182. The average molecular weight is 185 g/mol. The summed E-state index contributed by atoms with van der Waals surface area (Å²) in [5.41, 5.74) is 3.02. The maximum Gasteiger partial charge on any atom is 0.116 e. The topological polar surface area (TPSA) is 38.7 Å². The molecule has 2 aromatic rings. The summed E-state index contributed by atoms with van der Waals surface area (Å²) < 4.78 is 0. The van der Waals surface area contributed by atoms with Crippen LogP contribution in [0.15, 0.2) is 36.9 Å². The first-order valence-electron chi connectivity index (χ1n) is 4.61. The molecule has 0 aromatic carbocycles. The Hall–Kier alpha value is -1.77. The lowest BCUT2D eigenvalue weighted by Crippen LogP contribution is -1.91. The first-order valence-corrected chi connectivity index (χ1v) is 4.61. The minimum absolute atomic E-state index is 0.926. The number of rotatable bonds is 2. The summed E-state index contributed by atoms with van der Waals surface area (Å²) in [6.45, 7) is 2.08. The van der Waals surface area contributed by atoms with Crippen molar-refractivity contribution >= 4 is 0 Å². The zero-order chi connectivity index (χ0) is 9.80. The molecule has 0 saturated carbocycles. The predicted octanol–water partition coefficient (Wildman–Crippen LogP) is 2.10. The Balaban J connectivity index is 2.42. The quantitative estimate of drug-likeness (QED) is 0.719. The molecule has 2 rings (SSSR count). The van der Waals surface area contributed by atoms with Crippen molar-refractivity contribution < 1.29 is 0 Å². The van der Waals surface area contributed by atoms with Crippen molar-refractivity contribution in [2.75, 3.05) is 0 Å². The largest absolute Gasteiger partial charge is 0.264 e. The highest BCUT2D eigenvalue weighted by Crippen LogP contribution is 2.14. The third-order valence-electron chi connectivity index (χ3n) is 2.04. The molecule has 0 unspecified atom stereocenters. The van der Waals surface area contributed by atoms with Crippen molar-refractivity contribution in [3.05, 3.63) is 42.6 Å². The third-order valence-corrected chi connectivity index (χ3v) is 2.04. The van der Waals surface area contributed by atoms with E-state index in [4.69, 9.17) is 0 Å². The molecule has 3 nitrogen and oxygen atoms in total. The number of pyridine rings is 1. The molecule has 0 spiro atoms. The second-order valence-corrected chi connectivity index (χ2v) is 2.99. The van der Waals surface area contributed by atoms with Crippen molar-refractivity contribution in [3.63, 3.8) is 0 Å². The van der Waals surface area contributed by atoms with Gasteiger partial charge in [-0.1, -0.05) is 6.92 Å². The van der Waals surface area contributed by atoms with E-state index in [0.29, 0.717) is 0 Å². The van der Waals surface area contributed by atoms with E-state index in [9.17, 15) is 0 Å². The Morgan fingerprint density at radius 3 is 2.93 bits per heavy atom. The van der Waals surface area contributed by atoms with Gasteiger partial charge in [-0.3, -0.25) is 4.98 Å². The molecular weight excluding hydrogens is 174 g/mol. The van der Waals surface area contributed by atoms with E-state index in [1.165, 1.54) is 0 Å². The number of hydrogen-bond acceptors (Lipinski definition) is 3. The molecule has 0 amide bonds. The summed E-state index contributed by atoms with van der Waals surface area (Å²) in [4.78, 5) is 12.4. The first kappa shape index (κ1) is 8.81. The molecule has 0 bridgehead atoms. The molecule has 3 heteroatoms. The van der Waals surface area contributed by atoms with Crippen molar-refractivity contribution in [3.8, 4) is 11.3 Å². The predicted molar refractivity (Wildman–Crippen MR) is 54.6 cm³/mol. The molecule has 0 aliphatic rings. The fourth-order valence-corrected chi connectivity index (χ4v) is 1.26. The molecule has 2 heterocycles. The molecule has 0 aliphatic heterocycles. The summed E-state index contributed by atoms with van der Waals surface area (Å²) >= 11 is 0. The van der Waals surface area contributed by atoms with Gasteiger partial charge in [0.05, 0.1) is 5.69 Å². The maximum atomic E-state index is 4.21. The minimum Gasteiger partial charge on any atom is -0.264 e. The van der Waals surface area contributed by atoms with Gasteiger partial charge in [0.2, 0.25) is 0 Å². The van der Waals surface area contributed by atoms with Crippen LogP contribution in [0.2, 0.25) is 0 Å². The van der Waals surface area contributed by atoms with Crippen LogP contribution in [0, 0.1) is 0 Å². The van der Waals surface area contributed by atoms with Crippen LogP contribution >= 0.6 is 0 Å². The highest BCUT2D eigenvalue weighted by molar-refractivity contribution is 5.57.